The van der Waals surface area contributed by atoms with Gasteiger partial charge in [-0.2, -0.15) is 0 Å². The molecular formula is C12H14BrIN2S. The summed E-state index contributed by atoms with van der Waals surface area (Å²) in [5.74, 6) is 1.11. The Morgan fingerprint density at radius 2 is 2.24 bits per heavy atom. The molecule has 0 atom stereocenters. The second-order valence-corrected chi connectivity index (χ2v) is 7.87. The number of nitrogens with zero attached hydrogens (tertiary/aromatic N) is 1. The monoisotopic (exact) mass is 424 g/mol. The summed E-state index contributed by atoms with van der Waals surface area (Å²) in [5, 5.41) is 4.43. The minimum Gasteiger partial charge on any atom is -0.334 e. The van der Waals surface area contributed by atoms with Crippen LogP contribution in [0.3, 0.4) is 0 Å². The number of halogens is 2. The van der Waals surface area contributed by atoms with Crippen LogP contribution in [0.5, 0.6) is 0 Å². The van der Waals surface area contributed by atoms with Crippen molar-refractivity contribution in [2.24, 2.45) is 10.4 Å². The standard InChI is InChI=1S/C12H14BrIN2S/c1-12(2)6-15-11(17-7-12)16-10-5-8(13)3-4-9(10)14/h3-5H,6-7H2,1-2H3,(H,15,16). The summed E-state index contributed by atoms with van der Waals surface area (Å²) in [6.45, 7) is 5.40. The van der Waals surface area contributed by atoms with E-state index in [0.29, 0.717) is 5.41 Å². The molecule has 0 spiro atoms. The summed E-state index contributed by atoms with van der Waals surface area (Å²) in [7, 11) is 0. The van der Waals surface area contributed by atoms with Gasteiger partial charge in [-0.05, 0) is 46.2 Å². The van der Waals surface area contributed by atoms with E-state index in [1.165, 1.54) is 3.57 Å². The van der Waals surface area contributed by atoms with Gasteiger partial charge in [0.25, 0.3) is 0 Å². The molecule has 0 fully saturated rings. The summed E-state index contributed by atoms with van der Waals surface area (Å²) in [6.07, 6.45) is 0. The Balaban J connectivity index is 2.12. The molecule has 1 aliphatic rings. The molecule has 0 saturated heterocycles. The van der Waals surface area contributed by atoms with Gasteiger partial charge in [-0.15, -0.1) is 0 Å². The Morgan fingerprint density at radius 1 is 1.47 bits per heavy atom. The first-order chi connectivity index (χ1) is 7.96. The van der Waals surface area contributed by atoms with Crippen LogP contribution in [-0.2, 0) is 0 Å². The SMILES string of the molecule is CC1(C)CN=C(Nc2cc(Br)ccc2I)SC1. The zero-order chi connectivity index (χ0) is 12.5. The molecule has 1 aromatic carbocycles. The second kappa shape index (κ2) is 5.48. The third-order valence-electron chi connectivity index (χ3n) is 2.42. The highest BCUT2D eigenvalue weighted by Gasteiger charge is 2.23. The van der Waals surface area contributed by atoms with Crippen LogP contribution in [0.15, 0.2) is 27.7 Å². The second-order valence-electron chi connectivity index (χ2n) is 4.82. The molecule has 1 aromatic rings. The molecule has 1 heterocycles. The lowest BCUT2D eigenvalue weighted by molar-refractivity contribution is 0.438. The first-order valence-corrected chi connectivity index (χ1v) is 8.21. The van der Waals surface area contributed by atoms with Gasteiger partial charge in [-0.3, -0.25) is 4.99 Å². The highest BCUT2D eigenvalue weighted by atomic mass is 127. The van der Waals surface area contributed by atoms with Crippen molar-refractivity contribution >= 4 is 61.1 Å². The number of hydrogen-bond acceptors (Lipinski definition) is 3. The maximum atomic E-state index is 4.60. The molecule has 0 radical (unpaired) electrons. The van der Waals surface area contributed by atoms with Crippen molar-refractivity contribution in [2.75, 3.05) is 17.6 Å². The topological polar surface area (TPSA) is 24.4 Å². The van der Waals surface area contributed by atoms with E-state index in [9.17, 15) is 0 Å². The maximum absolute atomic E-state index is 4.60. The Labute approximate surface area is 128 Å². The van der Waals surface area contributed by atoms with Gasteiger partial charge in [0.1, 0.15) is 0 Å². The minimum absolute atomic E-state index is 0.320. The van der Waals surface area contributed by atoms with Gasteiger partial charge in [-0.25, -0.2) is 0 Å². The summed E-state index contributed by atoms with van der Waals surface area (Å²) >= 11 is 7.62. The molecule has 92 valence electrons. The lowest BCUT2D eigenvalue weighted by Crippen LogP contribution is -2.27. The largest absolute Gasteiger partial charge is 0.334 e. The van der Waals surface area contributed by atoms with Crippen molar-refractivity contribution in [3.8, 4) is 0 Å². The van der Waals surface area contributed by atoms with E-state index in [2.05, 4.69) is 74.8 Å². The molecule has 0 bridgehead atoms. The van der Waals surface area contributed by atoms with Crippen molar-refractivity contribution in [1.29, 1.82) is 0 Å². The first-order valence-electron chi connectivity index (χ1n) is 5.36. The quantitative estimate of drug-likeness (QED) is 0.666. The Hall–Kier alpha value is 0.250. The molecule has 2 nitrogen and oxygen atoms in total. The summed E-state index contributed by atoms with van der Waals surface area (Å²) in [4.78, 5) is 4.60. The van der Waals surface area contributed by atoms with Crippen LogP contribution in [-0.4, -0.2) is 17.5 Å². The van der Waals surface area contributed by atoms with Gasteiger partial charge < -0.3 is 5.32 Å². The summed E-state index contributed by atoms with van der Waals surface area (Å²) in [6, 6.07) is 6.22. The average molecular weight is 425 g/mol. The van der Waals surface area contributed by atoms with Gasteiger partial charge in [0.05, 0.1) is 5.69 Å². The predicted molar refractivity (Wildman–Crippen MR) is 89.0 cm³/mol. The van der Waals surface area contributed by atoms with E-state index in [1.807, 2.05) is 6.07 Å². The number of hydrogen-bond donors (Lipinski definition) is 1. The highest BCUT2D eigenvalue weighted by molar-refractivity contribution is 14.1. The van der Waals surface area contributed by atoms with Crippen LogP contribution >= 0.6 is 50.3 Å². The van der Waals surface area contributed by atoms with Gasteiger partial charge >= 0.3 is 0 Å². The predicted octanol–water partition coefficient (Wildman–Crippen LogP) is 4.59. The summed E-state index contributed by atoms with van der Waals surface area (Å²) in [5.41, 5.74) is 1.44. The molecule has 0 saturated carbocycles. The van der Waals surface area contributed by atoms with Crippen molar-refractivity contribution in [3.05, 3.63) is 26.2 Å². The number of nitrogens with one attached hydrogen (secondary N) is 1. The van der Waals surface area contributed by atoms with Gasteiger partial charge in [0, 0.05) is 20.3 Å². The first kappa shape index (κ1) is 13.7. The number of benzene rings is 1. The fourth-order valence-electron chi connectivity index (χ4n) is 1.42. The normalized spacial score (nSPS) is 18.7. The Bertz CT molecular complexity index is 460. The third-order valence-corrected chi connectivity index (χ3v) is 5.28. The lowest BCUT2D eigenvalue weighted by Gasteiger charge is -2.27. The fraction of sp³-hybridized carbons (Fsp3) is 0.417. The van der Waals surface area contributed by atoms with Crippen LogP contribution < -0.4 is 5.32 Å². The number of thioether (sulfide) groups is 1. The molecule has 5 heteroatoms. The van der Waals surface area contributed by atoms with E-state index in [0.717, 1.165) is 27.6 Å². The van der Waals surface area contributed by atoms with Gasteiger partial charge in [-0.1, -0.05) is 41.5 Å². The molecule has 2 rings (SSSR count). The number of amidine groups is 1. The molecule has 0 aromatic heterocycles. The van der Waals surface area contributed by atoms with Crippen molar-refractivity contribution < 1.29 is 0 Å². The molecule has 17 heavy (non-hydrogen) atoms. The van der Waals surface area contributed by atoms with E-state index < -0.39 is 0 Å². The van der Waals surface area contributed by atoms with E-state index in [1.54, 1.807) is 11.8 Å². The Morgan fingerprint density at radius 3 is 2.88 bits per heavy atom. The lowest BCUT2D eigenvalue weighted by atomic mass is 9.97. The molecule has 1 N–H and O–H groups in total. The van der Waals surface area contributed by atoms with Crippen molar-refractivity contribution in [1.82, 2.24) is 0 Å². The zero-order valence-corrected chi connectivity index (χ0v) is 14.3. The van der Waals surface area contributed by atoms with Crippen molar-refractivity contribution in [3.63, 3.8) is 0 Å². The van der Waals surface area contributed by atoms with Crippen LogP contribution in [0, 0.1) is 8.99 Å². The van der Waals surface area contributed by atoms with Crippen LogP contribution in [0.1, 0.15) is 13.8 Å². The van der Waals surface area contributed by atoms with Crippen LogP contribution in [0.4, 0.5) is 5.69 Å². The van der Waals surface area contributed by atoms with Gasteiger partial charge in [0.2, 0.25) is 0 Å². The van der Waals surface area contributed by atoms with Crippen LogP contribution in [0.25, 0.3) is 0 Å². The molecule has 0 aliphatic carbocycles. The number of aliphatic imine (C=N–C) groups is 1. The number of anilines is 1. The zero-order valence-electron chi connectivity index (χ0n) is 9.76. The van der Waals surface area contributed by atoms with E-state index >= 15 is 0 Å². The Kier molecular flexibility index (Phi) is 4.41. The highest BCUT2D eigenvalue weighted by Crippen LogP contribution is 2.30. The fourth-order valence-corrected chi connectivity index (χ4v) is 3.21. The van der Waals surface area contributed by atoms with Crippen molar-refractivity contribution in [2.45, 2.75) is 13.8 Å². The van der Waals surface area contributed by atoms with E-state index in [4.69, 9.17) is 0 Å². The van der Waals surface area contributed by atoms with Crippen LogP contribution in [0.2, 0.25) is 0 Å². The third kappa shape index (κ3) is 3.86. The smallest absolute Gasteiger partial charge is 0.161 e. The molecule has 0 amide bonds. The maximum Gasteiger partial charge on any atom is 0.161 e. The average Bonchev–Trinajstić information content (AvgIpc) is 2.26. The molecular weight excluding hydrogens is 411 g/mol. The van der Waals surface area contributed by atoms with Gasteiger partial charge in [0.15, 0.2) is 5.17 Å². The number of rotatable bonds is 1. The van der Waals surface area contributed by atoms with E-state index in [-0.39, 0.29) is 0 Å². The molecule has 0 unspecified atom stereocenters. The minimum atomic E-state index is 0.320. The summed E-state index contributed by atoms with van der Waals surface area (Å²) < 4.78 is 2.29. The molecule has 1 aliphatic heterocycles.